The van der Waals surface area contributed by atoms with E-state index >= 15 is 0 Å². The Morgan fingerprint density at radius 3 is 2.69 bits per heavy atom. The Morgan fingerprint density at radius 1 is 1.09 bits per heavy atom. The first-order valence-electron chi connectivity index (χ1n) is 11.2. The average Bonchev–Trinajstić information content (AvgIpc) is 3.07. The smallest absolute Gasteiger partial charge is 0.266 e. The number of carbonyl (C=O) groups excluding carboxylic acids is 2. The standard InChI is InChI=1S/C26H28N2O2S2/c1-19-12-14-20(15-13-19)18-23-25(30)28(26(31)32-23)16-6-2-3-11-24(29)27-17-7-9-21-8-4-5-10-22(21)27/h4-5,8,10,12-15,18H,2-3,6-7,9,11,16-17H2,1H3/b23-18-. The lowest BCUT2D eigenvalue weighted by molar-refractivity contribution is -0.122. The lowest BCUT2D eigenvalue weighted by atomic mass is 10.0. The van der Waals surface area contributed by atoms with Gasteiger partial charge in [-0.1, -0.05) is 78.4 Å². The van der Waals surface area contributed by atoms with Gasteiger partial charge < -0.3 is 4.90 Å². The van der Waals surface area contributed by atoms with Crippen molar-refractivity contribution in [3.05, 3.63) is 70.1 Å². The van der Waals surface area contributed by atoms with E-state index in [1.807, 2.05) is 60.4 Å². The highest BCUT2D eigenvalue weighted by molar-refractivity contribution is 8.26. The van der Waals surface area contributed by atoms with Crippen LogP contribution in [0.15, 0.2) is 53.4 Å². The highest BCUT2D eigenvalue weighted by Gasteiger charge is 2.31. The molecule has 2 aromatic carbocycles. The van der Waals surface area contributed by atoms with Crippen LogP contribution in [0.1, 0.15) is 48.8 Å². The summed E-state index contributed by atoms with van der Waals surface area (Å²) in [6.45, 7) is 3.46. The molecule has 0 N–H and O–H groups in total. The third-order valence-corrected chi connectivity index (χ3v) is 7.31. The van der Waals surface area contributed by atoms with E-state index in [0.717, 1.165) is 49.9 Å². The molecule has 1 saturated heterocycles. The number of benzene rings is 2. The van der Waals surface area contributed by atoms with E-state index in [2.05, 4.69) is 6.07 Å². The highest BCUT2D eigenvalue weighted by atomic mass is 32.2. The van der Waals surface area contributed by atoms with Crippen molar-refractivity contribution in [2.24, 2.45) is 0 Å². The number of thioether (sulfide) groups is 1. The van der Waals surface area contributed by atoms with E-state index < -0.39 is 0 Å². The number of aryl methyl sites for hydroxylation is 2. The second kappa shape index (κ2) is 10.5. The summed E-state index contributed by atoms with van der Waals surface area (Å²) < 4.78 is 0.620. The molecule has 4 nitrogen and oxygen atoms in total. The Kier molecular flexibility index (Phi) is 7.43. The van der Waals surface area contributed by atoms with Crippen LogP contribution in [0, 0.1) is 6.92 Å². The number of unbranched alkanes of at least 4 members (excludes halogenated alkanes) is 2. The van der Waals surface area contributed by atoms with Crippen LogP contribution in [0.4, 0.5) is 5.69 Å². The van der Waals surface area contributed by atoms with Gasteiger partial charge in [0.15, 0.2) is 0 Å². The molecule has 2 amide bonds. The number of carbonyl (C=O) groups is 2. The molecule has 32 heavy (non-hydrogen) atoms. The van der Waals surface area contributed by atoms with Crippen LogP contribution < -0.4 is 4.90 Å². The first kappa shape index (κ1) is 22.7. The largest absolute Gasteiger partial charge is 0.312 e. The Labute approximate surface area is 199 Å². The highest BCUT2D eigenvalue weighted by Crippen LogP contribution is 2.33. The van der Waals surface area contributed by atoms with Crippen molar-refractivity contribution in [3.8, 4) is 0 Å². The van der Waals surface area contributed by atoms with Crippen LogP contribution in [0.3, 0.4) is 0 Å². The van der Waals surface area contributed by atoms with Gasteiger partial charge in [0.2, 0.25) is 5.91 Å². The summed E-state index contributed by atoms with van der Waals surface area (Å²) in [6, 6.07) is 16.3. The minimum absolute atomic E-state index is 0.0124. The summed E-state index contributed by atoms with van der Waals surface area (Å²) in [6.07, 6.45) is 7.08. The molecule has 0 saturated carbocycles. The fourth-order valence-corrected chi connectivity index (χ4v) is 5.47. The summed E-state index contributed by atoms with van der Waals surface area (Å²) in [5.74, 6) is 0.186. The van der Waals surface area contributed by atoms with Gasteiger partial charge in [0.1, 0.15) is 4.32 Å². The van der Waals surface area contributed by atoms with Crippen molar-refractivity contribution in [1.82, 2.24) is 4.90 Å². The van der Waals surface area contributed by atoms with Crippen LogP contribution >= 0.6 is 24.0 Å². The van der Waals surface area contributed by atoms with E-state index in [1.165, 1.54) is 22.9 Å². The molecule has 0 aromatic heterocycles. The van der Waals surface area contributed by atoms with E-state index in [1.54, 1.807) is 4.90 Å². The number of thiocarbonyl (C=S) groups is 1. The normalized spacial score (nSPS) is 17.2. The van der Waals surface area contributed by atoms with Gasteiger partial charge in [0, 0.05) is 25.2 Å². The Morgan fingerprint density at radius 2 is 1.88 bits per heavy atom. The summed E-state index contributed by atoms with van der Waals surface area (Å²) >= 11 is 6.81. The van der Waals surface area contributed by atoms with Crippen LogP contribution in [0.5, 0.6) is 0 Å². The molecule has 2 aliphatic heterocycles. The topological polar surface area (TPSA) is 40.6 Å². The number of fused-ring (bicyclic) bond motifs is 1. The predicted molar refractivity (Wildman–Crippen MR) is 137 cm³/mol. The second-order valence-corrected chi connectivity index (χ2v) is 10.0. The number of hydrogen-bond donors (Lipinski definition) is 0. The van der Waals surface area contributed by atoms with Crippen LogP contribution in [-0.4, -0.2) is 34.1 Å². The van der Waals surface area contributed by atoms with E-state index in [9.17, 15) is 9.59 Å². The van der Waals surface area contributed by atoms with Gasteiger partial charge in [-0.05, 0) is 55.9 Å². The SMILES string of the molecule is Cc1ccc(/C=C2\SC(=S)N(CCCCCC(=O)N3CCCc4ccccc43)C2=O)cc1. The summed E-state index contributed by atoms with van der Waals surface area (Å²) in [5, 5.41) is 0. The fraction of sp³-hybridized carbons (Fsp3) is 0.346. The Balaban J connectivity index is 1.24. The van der Waals surface area contributed by atoms with Crippen molar-refractivity contribution < 1.29 is 9.59 Å². The minimum atomic E-state index is -0.0124. The zero-order chi connectivity index (χ0) is 22.5. The van der Waals surface area contributed by atoms with Crippen molar-refractivity contribution >= 4 is 51.9 Å². The molecule has 2 aromatic rings. The zero-order valence-corrected chi connectivity index (χ0v) is 20.0. The number of nitrogens with zero attached hydrogens (tertiary/aromatic N) is 2. The van der Waals surface area contributed by atoms with Gasteiger partial charge in [-0.15, -0.1) is 0 Å². The minimum Gasteiger partial charge on any atom is -0.312 e. The van der Waals surface area contributed by atoms with Gasteiger partial charge in [-0.2, -0.15) is 0 Å². The van der Waals surface area contributed by atoms with Crippen molar-refractivity contribution in [3.63, 3.8) is 0 Å². The molecular weight excluding hydrogens is 436 g/mol. The summed E-state index contributed by atoms with van der Waals surface area (Å²) in [5.41, 5.74) is 4.54. The van der Waals surface area contributed by atoms with Gasteiger partial charge in [-0.3, -0.25) is 14.5 Å². The molecule has 0 radical (unpaired) electrons. The molecule has 0 unspecified atom stereocenters. The van der Waals surface area contributed by atoms with Crippen LogP contribution in [-0.2, 0) is 16.0 Å². The molecule has 2 aliphatic rings. The maximum absolute atomic E-state index is 12.8. The molecule has 0 atom stereocenters. The maximum atomic E-state index is 12.8. The molecule has 1 fully saturated rings. The van der Waals surface area contributed by atoms with Crippen LogP contribution in [0.25, 0.3) is 6.08 Å². The first-order chi connectivity index (χ1) is 15.5. The number of amides is 2. The lowest BCUT2D eigenvalue weighted by Gasteiger charge is -2.29. The van der Waals surface area contributed by atoms with Gasteiger partial charge in [0.05, 0.1) is 4.91 Å². The molecular formula is C26H28N2O2S2. The molecule has 2 heterocycles. The zero-order valence-electron chi connectivity index (χ0n) is 18.4. The Bertz CT molecular complexity index is 1050. The summed E-state index contributed by atoms with van der Waals surface area (Å²) in [4.78, 5) is 29.8. The molecule has 6 heteroatoms. The van der Waals surface area contributed by atoms with Gasteiger partial charge in [-0.25, -0.2) is 0 Å². The van der Waals surface area contributed by atoms with Crippen molar-refractivity contribution in [2.75, 3.05) is 18.0 Å². The van der Waals surface area contributed by atoms with E-state index in [0.29, 0.717) is 22.2 Å². The van der Waals surface area contributed by atoms with Gasteiger partial charge in [0.25, 0.3) is 5.91 Å². The third-order valence-electron chi connectivity index (χ3n) is 5.93. The Hall–Kier alpha value is -2.44. The monoisotopic (exact) mass is 464 g/mol. The van der Waals surface area contributed by atoms with Crippen LogP contribution in [0.2, 0.25) is 0 Å². The van der Waals surface area contributed by atoms with Crippen molar-refractivity contribution in [2.45, 2.75) is 45.4 Å². The van der Waals surface area contributed by atoms with E-state index in [4.69, 9.17) is 12.2 Å². The molecule has 0 spiro atoms. The summed E-state index contributed by atoms with van der Waals surface area (Å²) in [7, 11) is 0. The lowest BCUT2D eigenvalue weighted by Crippen LogP contribution is -2.35. The average molecular weight is 465 g/mol. The maximum Gasteiger partial charge on any atom is 0.266 e. The number of anilines is 1. The molecule has 0 aliphatic carbocycles. The predicted octanol–water partition coefficient (Wildman–Crippen LogP) is 5.74. The molecule has 0 bridgehead atoms. The number of rotatable bonds is 7. The van der Waals surface area contributed by atoms with E-state index in [-0.39, 0.29) is 11.8 Å². The first-order valence-corrected chi connectivity index (χ1v) is 12.5. The quantitative estimate of drug-likeness (QED) is 0.298. The fourth-order valence-electron chi connectivity index (χ4n) is 4.16. The molecule has 166 valence electrons. The van der Waals surface area contributed by atoms with Crippen molar-refractivity contribution in [1.29, 1.82) is 0 Å². The third kappa shape index (κ3) is 5.30. The van der Waals surface area contributed by atoms with Gasteiger partial charge >= 0.3 is 0 Å². The second-order valence-electron chi connectivity index (χ2n) is 8.33. The molecule has 4 rings (SSSR count). The number of hydrogen-bond acceptors (Lipinski definition) is 4. The number of para-hydroxylation sites is 1.